The third kappa shape index (κ3) is 3.48. The minimum absolute atomic E-state index is 0.00513. The maximum Gasteiger partial charge on any atom is 0.280 e. The number of amides is 1. The Morgan fingerprint density at radius 3 is 2.66 bits per heavy atom. The summed E-state index contributed by atoms with van der Waals surface area (Å²) in [5.74, 6) is -0.419. The van der Waals surface area contributed by atoms with Crippen molar-refractivity contribution < 1.29 is 9.72 Å². The maximum absolute atomic E-state index is 13.0. The SMILES string of the molecule is O=C(Nn1c(-c2cccs2)nc2ccccc2c1=O)c1ccc([N+](=O)[O-])cc1Cl. The van der Waals surface area contributed by atoms with Gasteiger partial charge in [-0.25, -0.2) is 4.98 Å². The fraction of sp³-hybridized carbons (Fsp3) is 0. The highest BCUT2D eigenvalue weighted by Gasteiger charge is 2.19. The first kappa shape index (κ1) is 18.8. The van der Waals surface area contributed by atoms with Crippen LogP contribution in [0.25, 0.3) is 21.6 Å². The third-order valence-corrected chi connectivity index (χ3v) is 5.32. The van der Waals surface area contributed by atoms with E-state index in [1.807, 2.05) is 5.38 Å². The first-order valence-electron chi connectivity index (χ1n) is 8.26. The molecule has 1 amide bonds. The number of hydrogen-bond donors (Lipinski definition) is 1. The summed E-state index contributed by atoms with van der Waals surface area (Å²) in [7, 11) is 0. The lowest BCUT2D eigenvalue weighted by Gasteiger charge is -2.14. The van der Waals surface area contributed by atoms with Gasteiger partial charge in [-0.3, -0.25) is 25.1 Å². The standard InChI is InChI=1S/C19H11ClN4O4S/c20-14-10-11(24(27)28)7-8-12(14)18(25)22-23-17(16-6-3-9-29-16)21-15-5-2-1-4-13(15)19(23)26/h1-10H,(H,22,25). The van der Waals surface area contributed by atoms with E-state index in [9.17, 15) is 19.7 Å². The number of rotatable bonds is 4. The van der Waals surface area contributed by atoms with Crippen molar-refractivity contribution in [2.75, 3.05) is 5.43 Å². The Morgan fingerprint density at radius 1 is 1.17 bits per heavy atom. The monoisotopic (exact) mass is 426 g/mol. The van der Waals surface area contributed by atoms with Crippen molar-refractivity contribution in [3.05, 3.63) is 91.0 Å². The highest BCUT2D eigenvalue weighted by molar-refractivity contribution is 7.13. The number of hydrogen-bond acceptors (Lipinski definition) is 6. The van der Waals surface area contributed by atoms with E-state index in [0.717, 1.165) is 10.7 Å². The molecule has 0 saturated carbocycles. The smallest absolute Gasteiger partial charge is 0.267 e. The predicted molar refractivity (Wildman–Crippen MR) is 111 cm³/mol. The summed E-state index contributed by atoms with van der Waals surface area (Å²) in [6.07, 6.45) is 0. The van der Waals surface area contributed by atoms with E-state index in [1.54, 1.807) is 36.4 Å². The van der Waals surface area contributed by atoms with Crippen LogP contribution in [0.15, 0.2) is 64.8 Å². The Hall–Kier alpha value is -3.56. The van der Waals surface area contributed by atoms with Gasteiger partial charge in [0.1, 0.15) is 0 Å². The molecule has 0 bridgehead atoms. The van der Waals surface area contributed by atoms with Gasteiger partial charge in [0, 0.05) is 12.1 Å². The number of non-ortho nitro benzene ring substituents is 1. The second-order valence-electron chi connectivity index (χ2n) is 5.93. The molecule has 4 aromatic rings. The van der Waals surface area contributed by atoms with Crippen molar-refractivity contribution in [2.24, 2.45) is 0 Å². The van der Waals surface area contributed by atoms with E-state index in [0.29, 0.717) is 15.8 Å². The van der Waals surface area contributed by atoms with Crippen LogP contribution in [0.3, 0.4) is 0 Å². The average molecular weight is 427 g/mol. The summed E-state index contributed by atoms with van der Waals surface area (Å²) >= 11 is 7.41. The fourth-order valence-corrected chi connectivity index (χ4v) is 3.73. The number of nitrogens with one attached hydrogen (secondary N) is 1. The molecule has 0 fully saturated rings. The van der Waals surface area contributed by atoms with Crippen LogP contribution >= 0.6 is 22.9 Å². The number of fused-ring (bicyclic) bond motifs is 1. The van der Waals surface area contributed by atoms with Crippen molar-refractivity contribution in [2.45, 2.75) is 0 Å². The predicted octanol–water partition coefficient (Wildman–Crippen LogP) is 4.07. The number of benzene rings is 2. The average Bonchev–Trinajstić information content (AvgIpc) is 3.24. The van der Waals surface area contributed by atoms with Gasteiger partial charge in [0.05, 0.1) is 31.3 Å². The summed E-state index contributed by atoms with van der Waals surface area (Å²) in [5.41, 5.74) is 2.32. The Labute approximate surface area is 172 Å². The zero-order valence-electron chi connectivity index (χ0n) is 14.5. The molecule has 0 aliphatic heterocycles. The molecular formula is C19H11ClN4O4S. The van der Waals surface area contributed by atoms with Gasteiger partial charge in [-0.05, 0) is 29.6 Å². The molecule has 29 heavy (non-hydrogen) atoms. The van der Waals surface area contributed by atoms with Crippen LogP contribution in [-0.2, 0) is 0 Å². The quantitative estimate of drug-likeness (QED) is 0.391. The van der Waals surface area contributed by atoms with Crippen LogP contribution in [0.2, 0.25) is 5.02 Å². The highest BCUT2D eigenvalue weighted by atomic mass is 35.5. The lowest BCUT2D eigenvalue weighted by Crippen LogP contribution is -2.35. The van der Waals surface area contributed by atoms with Crippen LogP contribution in [-0.4, -0.2) is 20.5 Å². The molecule has 2 heterocycles. The Kier molecular flexibility index (Phi) is 4.83. The van der Waals surface area contributed by atoms with Gasteiger partial charge in [-0.2, -0.15) is 4.68 Å². The van der Waals surface area contributed by atoms with Gasteiger partial charge in [0.25, 0.3) is 17.2 Å². The Morgan fingerprint density at radius 2 is 1.97 bits per heavy atom. The summed E-state index contributed by atoms with van der Waals surface area (Å²) in [6, 6.07) is 13.9. The minimum Gasteiger partial charge on any atom is -0.267 e. The van der Waals surface area contributed by atoms with Gasteiger partial charge in [-0.1, -0.05) is 29.8 Å². The summed E-state index contributed by atoms with van der Waals surface area (Å²) in [5, 5.41) is 12.9. The molecule has 0 spiro atoms. The zero-order valence-corrected chi connectivity index (χ0v) is 16.1. The van der Waals surface area contributed by atoms with Crippen LogP contribution < -0.4 is 11.0 Å². The second-order valence-corrected chi connectivity index (χ2v) is 7.29. The van der Waals surface area contributed by atoms with Crippen LogP contribution in [0.4, 0.5) is 5.69 Å². The summed E-state index contributed by atoms with van der Waals surface area (Å²) < 4.78 is 1.06. The van der Waals surface area contributed by atoms with Crippen LogP contribution in [0, 0.1) is 10.1 Å². The van der Waals surface area contributed by atoms with E-state index >= 15 is 0 Å². The summed E-state index contributed by atoms with van der Waals surface area (Å²) in [6.45, 7) is 0. The van der Waals surface area contributed by atoms with Crippen LogP contribution in [0.1, 0.15) is 10.4 Å². The zero-order chi connectivity index (χ0) is 20.5. The molecule has 0 radical (unpaired) electrons. The van der Waals surface area contributed by atoms with E-state index in [2.05, 4.69) is 10.4 Å². The van der Waals surface area contributed by atoms with Gasteiger partial charge in [0.15, 0.2) is 5.82 Å². The number of halogens is 1. The number of carbonyl (C=O) groups is 1. The van der Waals surface area contributed by atoms with Crippen molar-refractivity contribution in [3.63, 3.8) is 0 Å². The van der Waals surface area contributed by atoms with Crippen molar-refractivity contribution in [1.82, 2.24) is 9.66 Å². The normalized spacial score (nSPS) is 10.8. The topological polar surface area (TPSA) is 107 Å². The van der Waals surface area contributed by atoms with Crippen LogP contribution in [0.5, 0.6) is 0 Å². The van der Waals surface area contributed by atoms with E-state index in [1.165, 1.54) is 23.5 Å². The first-order chi connectivity index (χ1) is 14.0. The van der Waals surface area contributed by atoms with Crippen molar-refractivity contribution in [3.8, 4) is 10.7 Å². The highest BCUT2D eigenvalue weighted by Crippen LogP contribution is 2.25. The van der Waals surface area contributed by atoms with E-state index in [-0.39, 0.29) is 22.1 Å². The van der Waals surface area contributed by atoms with Gasteiger partial charge < -0.3 is 0 Å². The minimum atomic E-state index is -0.693. The van der Waals surface area contributed by atoms with E-state index in [4.69, 9.17) is 11.6 Å². The number of nitro benzene ring substituents is 1. The van der Waals surface area contributed by atoms with Crippen molar-refractivity contribution in [1.29, 1.82) is 0 Å². The molecule has 0 atom stereocenters. The van der Waals surface area contributed by atoms with E-state index < -0.39 is 16.4 Å². The number of carbonyl (C=O) groups excluding carboxylic acids is 1. The lowest BCUT2D eigenvalue weighted by atomic mass is 10.2. The van der Waals surface area contributed by atoms with Gasteiger partial charge in [0.2, 0.25) is 0 Å². The number of thiophene rings is 1. The number of nitro groups is 1. The second kappa shape index (κ2) is 7.46. The lowest BCUT2D eigenvalue weighted by molar-refractivity contribution is -0.384. The molecule has 0 aliphatic rings. The fourth-order valence-electron chi connectivity index (χ4n) is 2.77. The summed E-state index contributed by atoms with van der Waals surface area (Å²) in [4.78, 5) is 41.3. The number of para-hydroxylation sites is 1. The number of nitrogens with zero attached hydrogens (tertiary/aromatic N) is 3. The third-order valence-electron chi connectivity index (χ3n) is 4.14. The maximum atomic E-state index is 13.0. The van der Waals surface area contributed by atoms with Gasteiger partial charge >= 0.3 is 0 Å². The van der Waals surface area contributed by atoms with Crippen molar-refractivity contribution >= 4 is 45.4 Å². The Bertz CT molecular complexity index is 1320. The van der Waals surface area contributed by atoms with Gasteiger partial charge in [-0.15, -0.1) is 11.3 Å². The first-order valence-corrected chi connectivity index (χ1v) is 9.52. The number of aromatic nitrogens is 2. The molecular weight excluding hydrogens is 416 g/mol. The molecule has 10 heteroatoms. The molecule has 2 aromatic carbocycles. The molecule has 8 nitrogen and oxygen atoms in total. The Balaban J connectivity index is 1.82. The largest absolute Gasteiger partial charge is 0.280 e. The molecule has 144 valence electrons. The molecule has 0 aliphatic carbocycles. The molecule has 4 rings (SSSR count). The molecule has 0 unspecified atom stereocenters. The molecule has 2 aromatic heterocycles. The molecule has 1 N–H and O–H groups in total. The molecule has 0 saturated heterocycles.